The maximum absolute atomic E-state index is 10.7. The molecule has 0 spiro atoms. The van der Waals surface area contributed by atoms with E-state index >= 15 is 0 Å². The van der Waals surface area contributed by atoms with Crippen molar-refractivity contribution in [3.05, 3.63) is 23.7 Å². The minimum absolute atomic E-state index is 0.276. The molecule has 1 N–H and O–H groups in total. The highest BCUT2D eigenvalue weighted by Crippen LogP contribution is 2.52. The lowest BCUT2D eigenvalue weighted by molar-refractivity contribution is -0.00382. The standard InChI is InChI=1S/C18H25NO2/c1-12-10-13(12)14-4-5-15(21-14)16(20)18(11-19)8-6-17(2,3)7-9-18/h4-5,12-13,16,20H,6-10H2,1-3H3. The van der Waals surface area contributed by atoms with E-state index in [4.69, 9.17) is 4.42 Å². The molecule has 3 heteroatoms. The molecule has 0 bridgehead atoms. The van der Waals surface area contributed by atoms with Gasteiger partial charge in [0.25, 0.3) is 0 Å². The van der Waals surface area contributed by atoms with Crippen molar-refractivity contribution < 1.29 is 9.52 Å². The number of aliphatic hydroxyl groups excluding tert-OH is 1. The lowest BCUT2D eigenvalue weighted by Gasteiger charge is -2.41. The zero-order valence-corrected chi connectivity index (χ0v) is 13.2. The highest BCUT2D eigenvalue weighted by atomic mass is 16.4. The zero-order chi connectivity index (χ0) is 15.3. The van der Waals surface area contributed by atoms with Crippen LogP contribution < -0.4 is 0 Å². The van der Waals surface area contributed by atoms with Crippen molar-refractivity contribution in [1.29, 1.82) is 5.26 Å². The number of hydrogen-bond acceptors (Lipinski definition) is 3. The average molecular weight is 287 g/mol. The van der Waals surface area contributed by atoms with Gasteiger partial charge in [-0.05, 0) is 55.6 Å². The van der Waals surface area contributed by atoms with E-state index in [0.29, 0.717) is 17.6 Å². The van der Waals surface area contributed by atoms with Gasteiger partial charge in [-0.15, -0.1) is 0 Å². The van der Waals surface area contributed by atoms with Gasteiger partial charge in [0.15, 0.2) is 0 Å². The summed E-state index contributed by atoms with van der Waals surface area (Å²) < 4.78 is 5.87. The van der Waals surface area contributed by atoms with Crippen molar-refractivity contribution in [3.8, 4) is 6.07 Å². The molecule has 0 aliphatic heterocycles. The fourth-order valence-corrected chi connectivity index (χ4v) is 3.52. The second-order valence-corrected chi connectivity index (χ2v) is 7.89. The summed E-state index contributed by atoms with van der Waals surface area (Å²) in [5.74, 6) is 2.74. The summed E-state index contributed by atoms with van der Waals surface area (Å²) in [5, 5.41) is 20.4. The number of aliphatic hydroxyl groups is 1. The Morgan fingerprint density at radius 1 is 1.29 bits per heavy atom. The van der Waals surface area contributed by atoms with Crippen LogP contribution in [0.1, 0.15) is 76.4 Å². The minimum Gasteiger partial charge on any atom is -0.463 e. The molecule has 3 unspecified atom stereocenters. The molecule has 3 rings (SSSR count). The fraction of sp³-hybridized carbons (Fsp3) is 0.722. The molecular weight excluding hydrogens is 262 g/mol. The Labute approximate surface area is 127 Å². The lowest BCUT2D eigenvalue weighted by Crippen LogP contribution is -2.35. The highest BCUT2D eigenvalue weighted by Gasteiger charge is 2.46. The molecule has 114 valence electrons. The molecule has 2 saturated carbocycles. The Morgan fingerprint density at radius 3 is 2.43 bits per heavy atom. The highest BCUT2D eigenvalue weighted by molar-refractivity contribution is 5.22. The van der Waals surface area contributed by atoms with E-state index in [1.165, 1.54) is 6.42 Å². The Morgan fingerprint density at radius 2 is 1.90 bits per heavy atom. The number of nitrogens with zero attached hydrogens (tertiary/aromatic N) is 1. The van der Waals surface area contributed by atoms with Crippen molar-refractivity contribution in [2.45, 2.75) is 64.9 Å². The van der Waals surface area contributed by atoms with Crippen molar-refractivity contribution in [1.82, 2.24) is 0 Å². The Balaban J connectivity index is 1.78. The van der Waals surface area contributed by atoms with E-state index in [1.807, 2.05) is 12.1 Å². The normalized spacial score (nSPS) is 31.4. The third kappa shape index (κ3) is 2.62. The molecule has 1 aromatic rings. The minimum atomic E-state index is -0.804. The van der Waals surface area contributed by atoms with E-state index in [1.54, 1.807) is 0 Å². The molecule has 0 amide bonds. The number of furan rings is 1. The van der Waals surface area contributed by atoms with Gasteiger partial charge in [-0.2, -0.15) is 5.26 Å². The molecule has 3 nitrogen and oxygen atoms in total. The SMILES string of the molecule is CC1CC1c1ccc(C(O)C2(C#N)CCC(C)(C)CC2)o1. The molecule has 2 aliphatic carbocycles. The van der Waals surface area contributed by atoms with Crippen LogP contribution in [-0.2, 0) is 0 Å². The van der Waals surface area contributed by atoms with E-state index in [0.717, 1.165) is 31.4 Å². The van der Waals surface area contributed by atoms with Gasteiger partial charge >= 0.3 is 0 Å². The number of hydrogen-bond donors (Lipinski definition) is 1. The Hall–Kier alpha value is -1.27. The number of rotatable bonds is 3. The van der Waals surface area contributed by atoms with E-state index in [9.17, 15) is 10.4 Å². The first-order valence-corrected chi connectivity index (χ1v) is 8.06. The summed E-state index contributed by atoms with van der Waals surface area (Å²) in [6.07, 6.45) is 3.80. The predicted molar refractivity (Wildman–Crippen MR) is 80.5 cm³/mol. The van der Waals surface area contributed by atoms with Gasteiger partial charge in [-0.3, -0.25) is 0 Å². The molecule has 21 heavy (non-hydrogen) atoms. The molecule has 0 radical (unpaired) electrons. The van der Waals surface area contributed by atoms with Gasteiger partial charge in [-0.1, -0.05) is 20.8 Å². The van der Waals surface area contributed by atoms with Gasteiger partial charge in [-0.25, -0.2) is 0 Å². The smallest absolute Gasteiger partial charge is 0.134 e. The second-order valence-electron chi connectivity index (χ2n) is 7.89. The average Bonchev–Trinajstić information content (AvgIpc) is 3.00. The van der Waals surface area contributed by atoms with Crippen LogP contribution in [0.4, 0.5) is 0 Å². The third-order valence-electron chi connectivity index (χ3n) is 5.63. The predicted octanol–water partition coefficient (Wildman–Crippen LogP) is 4.55. The fourth-order valence-electron chi connectivity index (χ4n) is 3.52. The van der Waals surface area contributed by atoms with Crippen LogP contribution in [0.2, 0.25) is 0 Å². The van der Waals surface area contributed by atoms with Gasteiger partial charge in [0, 0.05) is 5.92 Å². The maximum Gasteiger partial charge on any atom is 0.134 e. The van der Waals surface area contributed by atoms with Crippen molar-refractivity contribution in [2.75, 3.05) is 0 Å². The van der Waals surface area contributed by atoms with Crippen LogP contribution in [-0.4, -0.2) is 5.11 Å². The summed E-state index contributed by atoms with van der Waals surface area (Å²) in [6.45, 7) is 6.68. The molecule has 2 fully saturated rings. The molecule has 2 aliphatic rings. The third-order valence-corrected chi connectivity index (χ3v) is 5.63. The van der Waals surface area contributed by atoms with Crippen LogP contribution >= 0.6 is 0 Å². The van der Waals surface area contributed by atoms with Crippen LogP contribution in [0.25, 0.3) is 0 Å². The summed E-state index contributed by atoms with van der Waals surface area (Å²) in [4.78, 5) is 0. The molecule has 1 aromatic heterocycles. The topological polar surface area (TPSA) is 57.2 Å². The number of nitriles is 1. The summed E-state index contributed by atoms with van der Waals surface area (Å²) in [5.41, 5.74) is -0.405. The molecule has 3 atom stereocenters. The lowest BCUT2D eigenvalue weighted by atomic mass is 9.63. The molecule has 1 heterocycles. The quantitative estimate of drug-likeness (QED) is 0.887. The van der Waals surface area contributed by atoms with Gasteiger partial charge in [0.05, 0.1) is 11.5 Å². The first-order valence-electron chi connectivity index (χ1n) is 8.06. The van der Waals surface area contributed by atoms with E-state index < -0.39 is 11.5 Å². The summed E-state index contributed by atoms with van der Waals surface area (Å²) in [6, 6.07) is 6.25. The van der Waals surface area contributed by atoms with Gasteiger partial charge < -0.3 is 9.52 Å². The van der Waals surface area contributed by atoms with Crippen LogP contribution in [0.3, 0.4) is 0 Å². The van der Waals surface area contributed by atoms with Crippen LogP contribution in [0, 0.1) is 28.1 Å². The second kappa shape index (κ2) is 4.88. The van der Waals surface area contributed by atoms with Gasteiger partial charge in [0.2, 0.25) is 0 Å². The molecule has 0 aromatic carbocycles. The van der Waals surface area contributed by atoms with E-state index in [2.05, 4.69) is 26.8 Å². The van der Waals surface area contributed by atoms with Crippen LogP contribution in [0.15, 0.2) is 16.5 Å². The van der Waals surface area contributed by atoms with Crippen molar-refractivity contribution in [3.63, 3.8) is 0 Å². The largest absolute Gasteiger partial charge is 0.463 e. The Bertz CT molecular complexity index is 556. The van der Waals surface area contributed by atoms with Gasteiger partial charge in [0.1, 0.15) is 17.6 Å². The summed E-state index contributed by atoms with van der Waals surface area (Å²) >= 11 is 0. The zero-order valence-electron chi connectivity index (χ0n) is 13.2. The molecular formula is C18H25NO2. The first kappa shape index (κ1) is 14.7. The van der Waals surface area contributed by atoms with E-state index in [-0.39, 0.29) is 5.41 Å². The maximum atomic E-state index is 10.7. The Kier molecular flexibility index (Phi) is 3.41. The van der Waals surface area contributed by atoms with Crippen molar-refractivity contribution in [2.24, 2.45) is 16.7 Å². The molecule has 0 saturated heterocycles. The summed E-state index contributed by atoms with van der Waals surface area (Å²) in [7, 11) is 0. The van der Waals surface area contributed by atoms with Crippen molar-refractivity contribution >= 4 is 0 Å². The van der Waals surface area contributed by atoms with Crippen LogP contribution in [0.5, 0.6) is 0 Å². The first-order chi connectivity index (χ1) is 9.87. The monoisotopic (exact) mass is 287 g/mol.